The molecule has 0 aliphatic carbocycles. The molecule has 26 heavy (non-hydrogen) atoms. The molecular weight excluding hydrogens is 444 g/mol. The van der Waals surface area contributed by atoms with Gasteiger partial charge in [-0.3, -0.25) is 4.99 Å². The number of rotatable bonds is 7. The van der Waals surface area contributed by atoms with Gasteiger partial charge in [-0.1, -0.05) is 36.4 Å². The molecule has 0 spiro atoms. The predicted octanol–water partition coefficient (Wildman–Crippen LogP) is 4.23. The molecule has 0 amide bonds. The van der Waals surface area contributed by atoms with Crippen molar-refractivity contribution in [2.75, 3.05) is 7.05 Å². The molecule has 0 bridgehead atoms. The summed E-state index contributed by atoms with van der Waals surface area (Å²) in [4.78, 5) is 4.20. The third kappa shape index (κ3) is 8.14. The quantitative estimate of drug-likeness (QED) is 0.361. The van der Waals surface area contributed by atoms with Gasteiger partial charge in [0.15, 0.2) is 5.96 Å². The molecule has 2 N–H and O–H groups in total. The molecule has 2 aromatic carbocycles. The Morgan fingerprint density at radius 2 is 1.38 bits per heavy atom. The first kappa shape index (κ1) is 22.4. The molecular formula is C20H27FIN3O. The first-order chi connectivity index (χ1) is 12.1. The Morgan fingerprint density at radius 1 is 0.923 bits per heavy atom. The van der Waals surface area contributed by atoms with E-state index < -0.39 is 0 Å². The number of ether oxygens (including phenoxy) is 1. The lowest BCUT2D eigenvalue weighted by atomic mass is 10.1. The van der Waals surface area contributed by atoms with E-state index in [1.54, 1.807) is 19.2 Å². The van der Waals surface area contributed by atoms with Crippen LogP contribution < -0.4 is 10.6 Å². The first-order valence-corrected chi connectivity index (χ1v) is 8.45. The van der Waals surface area contributed by atoms with Crippen molar-refractivity contribution in [2.24, 2.45) is 4.99 Å². The predicted molar refractivity (Wildman–Crippen MR) is 115 cm³/mol. The molecule has 0 aliphatic heterocycles. The van der Waals surface area contributed by atoms with E-state index in [4.69, 9.17) is 4.74 Å². The minimum Gasteiger partial charge on any atom is -0.374 e. The zero-order valence-electron chi connectivity index (χ0n) is 15.5. The molecule has 0 aliphatic rings. The van der Waals surface area contributed by atoms with Crippen LogP contribution in [0.5, 0.6) is 0 Å². The van der Waals surface area contributed by atoms with E-state index in [1.807, 2.05) is 13.8 Å². The number of hydrogen-bond donors (Lipinski definition) is 2. The summed E-state index contributed by atoms with van der Waals surface area (Å²) < 4.78 is 18.5. The van der Waals surface area contributed by atoms with Crippen molar-refractivity contribution < 1.29 is 9.13 Å². The molecule has 2 aromatic rings. The number of nitrogens with zero attached hydrogens (tertiary/aromatic N) is 1. The normalized spacial score (nSPS) is 11.2. The Balaban J connectivity index is 0.00000338. The molecule has 0 heterocycles. The Labute approximate surface area is 172 Å². The number of benzene rings is 2. The molecule has 6 heteroatoms. The zero-order chi connectivity index (χ0) is 18.1. The van der Waals surface area contributed by atoms with Crippen LogP contribution in [0.2, 0.25) is 0 Å². The summed E-state index contributed by atoms with van der Waals surface area (Å²) in [5.41, 5.74) is 3.33. The van der Waals surface area contributed by atoms with Gasteiger partial charge >= 0.3 is 0 Å². The zero-order valence-corrected chi connectivity index (χ0v) is 17.8. The van der Waals surface area contributed by atoms with Gasteiger partial charge in [0.1, 0.15) is 5.82 Å². The van der Waals surface area contributed by atoms with Crippen LogP contribution in [-0.4, -0.2) is 19.1 Å². The maximum atomic E-state index is 12.9. The van der Waals surface area contributed by atoms with Crippen LogP contribution in [0.4, 0.5) is 4.39 Å². The van der Waals surface area contributed by atoms with Crippen molar-refractivity contribution in [3.63, 3.8) is 0 Å². The summed E-state index contributed by atoms with van der Waals surface area (Å²) in [6.07, 6.45) is 0.233. The fraction of sp³-hybridized carbons (Fsp3) is 0.350. The number of guanidine groups is 1. The van der Waals surface area contributed by atoms with Crippen molar-refractivity contribution in [3.05, 3.63) is 71.0 Å². The van der Waals surface area contributed by atoms with E-state index in [0.717, 1.165) is 16.7 Å². The van der Waals surface area contributed by atoms with Crippen molar-refractivity contribution in [3.8, 4) is 0 Å². The van der Waals surface area contributed by atoms with Crippen molar-refractivity contribution in [1.29, 1.82) is 0 Å². The van der Waals surface area contributed by atoms with Crippen LogP contribution in [0.1, 0.15) is 30.5 Å². The smallest absolute Gasteiger partial charge is 0.191 e. The highest BCUT2D eigenvalue weighted by molar-refractivity contribution is 14.0. The van der Waals surface area contributed by atoms with E-state index in [1.165, 1.54) is 12.1 Å². The van der Waals surface area contributed by atoms with Gasteiger partial charge < -0.3 is 15.4 Å². The van der Waals surface area contributed by atoms with Gasteiger partial charge in [0.25, 0.3) is 0 Å². The van der Waals surface area contributed by atoms with E-state index in [-0.39, 0.29) is 35.9 Å². The Kier molecular flexibility index (Phi) is 10.2. The van der Waals surface area contributed by atoms with Crippen LogP contribution in [0.15, 0.2) is 53.5 Å². The highest BCUT2D eigenvalue weighted by atomic mass is 127. The van der Waals surface area contributed by atoms with Crippen LogP contribution in [0, 0.1) is 5.82 Å². The molecule has 2 rings (SSSR count). The summed E-state index contributed by atoms with van der Waals surface area (Å²) in [6, 6.07) is 14.7. The molecule has 0 fully saturated rings. The Morgan fingerprint density at radius 3 is 1.85 bits per heavy atom. The average molecular weight is 471 g/mol. The highest BCUT2D eigenvalue weighted by Crippen LogP contribution is 2.07. The van der Waals surface area contributed by atoms with Gasteiger partial charge in [0, 0.05) is 20.1 Å². The number of halogens is 2. The maximum absolute atomic E-state index is 12.9. The molecule has 0 saturated heterocycles. The van der Waals surface area contributed by atoms with Gasteiger partial charge in [-0.2, -0.15) is 0 Å². The third-order valence-electron chi connectivity index (χ3n) is 3.66. The van der Waals surface area contributed by atoms with Gasteiger partial charge in [0.2, 0.25) is 0 Å². The lowest BCUT2D eigenvalue weighted by molar-refractivity contribution is 0.0657. The second-order valence-electron chi connectivity index (χ2n) is 6.08. The van der Waals surface area contributed by atoms with Crippen molar-refractivity contribution in [2.45, 2.75) is 39.6 Å². The highest BCUT2D eigenvalue weighted by Gasteiger charge is 2.01. The summed E-state index contributed by atoms with van der Waals surface area (Å²) in [6.45, 7) is 5.96. The summed E-state index contributed by atoms with van der Waals surface area (Å²) in [7, 11) is 1.73. The number of nitrogens with one attached hydrogen (secondary N) is 2. The molecule has 0 unspecified atom stereocenters. The van der Waals surface area contributed by atoms with E-state index in [9.17, 15) is 4.39 Å². The topological polar surface area (TPSA) is 45.7 Å². The molecule has 4 nitrogen and oxygen atoms in total. The van der Waals surface area contributed by atoms with Gasteiger partial charge in [-0.05, 0) is 42.7 Å². The van der Waals surface area contributed by atoms with Crippen LogP contribution >= 0.6 is 24.0 Å². The fourth-order valence-corrected chi connectivity index (χ4v) is 2.21. The first-order valence-electron chi connectivity index (χ1n) is 8.45. The average Bonchev–Trinajstić information content (AvgIpc) is 2.62. The molecule has 142 valence electrons. The molecule has 0 atom stereocenters. The third-order valence-corrected chi connectivity index (χ3v) is 3.66. The van der Waals surface area contributed by atoms with Gasteiger partial charge in [-0.15, -0.1) is 24.0 Å². The molecule has 0 aromatic heterocycles. The summed E-state index contributed by atoms with van der Waals surface area (Å²) >= 11 is 0. The number of hydrogen-bond acceptors (Lipinski definition) is 2. The van der Waals surface area contributed by atoms with Crippen molar-refractivity contribution >= 4 is 29.9 Å². The second kappa shape index (κ2) is 11.9. The van der Waals surface area contributed by atoms with E-state index >= 15 is 0 Å². The largest absolute Gasteiger partial charge is 0.374 e. The Hall–Kier alpha value is -1.67. The summed E-state index contributed by atoms with van der Waals surface area (Å²) in [5.74, 6) is 0.477. The molecule has 0 radical (unpaired) electrons. The van der Waals surface area contributed by atoms with Crippen LogP contribution in [0.3, 0.4) is 0 Å². The maximum Gasteiger partial charge on any atom is 0.191 e. The number of aliphatic imine (C=N–C) groups is 1. The summed E-state index contributed by atoms with van der Waals surface area (Å²) in [5, 5.41) is 6.49. The molecule has 0 saturated carbocycles. The van der Waals surface area contributed by atoms with Gasteiger partial charge in [0.05, 0.1) is 12.7 Å². The minimum atomic E-state index is -0.228. The SMILES string of the molecule is CN=C(NCc1ccc(F)cc1)NCc1ccc(COC(C)C)cc1.I. The van der Waals surface area contributed by atoms with Crippen LogP contribution in [0.25, 0.3) is 0 Å². The lowest BCUT2D eigenvalue weighted by Crippen LogP contribution is -2.36. The minimum absolute atomic E-state index is 0. The Bertz CT molecular complexity index is 672. The monoisotopic (exact) mass is 471 g/mol. The standard InChI is InChI=1S/C20H26FN3O.HI/c1-15(2)25-14-18-6-4-16(5-7-18)12-23-20(22-3)24-13-17-8-10-19(21)11-9-17;/h4-11,15H,12-14H2,1-3H3,(H2,22,23,24);1H. The van der Waals surface area contributed by atoms with E-state index in [2.05, 4.69) is 39.9 Å². The van der Waals surface area contributed by atoms with Gasteiger partial charge in [-0.25, -0.2) is 4.39 Å². The lowest BCUT2D eigenvalue weighted by Gasteiger charge is -2.13. The fourth-order valence-electron chi connectivity index (χ4n) is 2.21. The second-order valence-corrected chi connectivity index (χ2v) is 6.08. The van der Waals surface area contributed by atoms with Crippen LogP contribution in [-0.2, 0) is 24.4 Å². The van der Waals surface area contributed by atoms with Crippen molar-refractivity contribution in [1.82, 2.24) is 10.6 Å². The van der Waals surface area contributed by atoms with E-state index in [0.29, 0.717) is 25.7 Å².